The summed E-state index contributed by atoms with van der Waals surface area (Å²) in [7, 11) is 1.43. The van der Waals surface area contributed by atoms with Crippen LogP contribution in [-0.4, -0.2) is 79.6 Å². The molecule has 0 radical (unpaired) electrons. The van der Waals surface area contributed by atoms with E-state index in [9.17, 15) is 40.2 Å². The molecule has 3 heterocycles. The number of carbonyl (C=O) groups is 2. The molecule has 256 valence electrons. The van der Waals surface area contributed by atoms with Crippen LogP contribution < -0.4 is 10.1 Å². The van der Waals surface area contributed by atoms with Crippen molar-refractivity contribution in [1.29, 1.82) is 0 Å². The largest absolute Gasteiger partial charge is 0.507 e. The minimum Gasteiger partial charge on any atom is -0.507 e. The van der Waals surface area contributed by atoms with Crippen molar-refractivity contribution in [3.63, 3.8) is 0 Å². The average Bonchev–Trinajstić information content (AvgIpc) is 3.30. The fourth-order valence-electron chi connectivity index (χ4n) is 6.26. The second-order valence-electron chi connectivity index (χ2n) is 12.8. The minimum atomic E-state index is -1.95. The van der Waals surface area contributed by atoms with Crippen LogP contribution in [0.15, 0.2) is 42.2 Å². The zero-order chi connectivity index (χ0) is 35.1. The normalized spacial score (nSPS) is 34.7. The van der Waals surface area contributed by atoms with Crippen LogP contribution in [0.2, 0.25) is 0 Å². The molecule has 2 aromatic rings. The van der Waals surface area contributed by atoms with Crippen LogP contribution in [0.4, 0.5) is 5.69 Å². The first kappa shape index (κ1) is 35.7. The fourth-order valence-corrected chi connectivity index (χ4v) is 6.26. The highest BCUT2D eigenvalue weighted by Gasteiger charge is 2.49. The molecular weight excluding hydrogens is 610 g/mol. The summed E-state index contributed by atoms with van der Waals surface area (Å²) in [4.78, 5) is 26.9. The summed E-state index contributed by atoms with van der Waals surface area (Å²) >= 11 is 0. The van der Waals surface area contributed by atoms with Crippen molar-refractivity contribution in [3.8, 4) is 23.0 Å². The molecule has 1 amide bonds. The molecule has 0 aliphatic carbocycles. The summed E-state index contributed by atoms with van der Waals surface area (Å²) in [6.45, 7) is 11.2. The Balaban J connectivity index is 1.85. The molecule has 47 heavy (non-hydrogen) atoms. The Bertz CT molecular complexity index is 1650. The van der Waals surface area contributed by atoms with E-state index in [1.807, 2.05) is 0 Å². The van der Waals surface area contributed by atoms with Gasteiger partial charge in [-0.2, -0.15) is 0 Å². The van der Waals surface area contributed by atoms with Gasteiger partial charge in [-0.1, -0.05) is 45.9 Å². The van der Waals surface area contributed by atoms with Crippen LogP contribution in [0.1, 0.15) is 57.5 Å². The highest BCUT2D eigenvalue weighted by molar-refractivity contribution is 6.21. The van der Waals surface area contributed by atoms with Gasteiger partial charge in [-0.3, -0.25) is 9.59 Å². The van der Waals surface area contributed by atoms with E-state index in [1.54, 1.807) is 39.8 Å². The lowest BCUT2D eigenvalue weighted by molar-refractivity contribution is -0.112. The van der Waals surface area contributed by atoms with Gasteiger partial charge in [0.15, 0.2) is 5.75 Å². The molecular formula is C35H45NO11. The summed E-state index contributed by atoms with van der Waals surface area (Å²) in [6, 6.07) is 1.07. The number of rotatable bonds is 1. The maximum absolute atomic E-state index is 13.8. The Morgan fingerprint density at radius 1 is 0.872 bits per heavy atom. The van der Waals surface area contributed by atoms with E-state index < -0.39 is 82.8 Å². The number of phenols is 3. The Morgan fingerprint density at radius 3 is 2.13 bits per heavy atom. The van der Waals surface area contributed by atoms with Crippen LogP contribution in [-0.2, 0) is 14.3 Å². The maximum Gasteiger partial charge on any atom is 0.312 e. The summed E-state index contributed by atoms with van der Waals surface area (Å²) in [5, 5.41) is 68.8. The number of phenolic OH excluding ortho intramolecular Hbond substituents is 3. The van der Waals surface area contributed by atoms with Crippen molar-refractivity contribution < 1.29 is 54.4 Å². The predicted molar refractivity (Wildman–Crippen MR) is 174 cm³/mol. The number of ether oxygens (including phenoxy) is 3. The first-order valence-corrected chi connectivity index (χ1v) is 15.5. The molecule has 9 unspecified atom stereocenters. The number of allylic oxidation sites excluding steroid dienone is 2. The van der Waals surface area contributed by atoms with Gasteiger partial charge in [0.25, 0.3) is 11.7 Å². The molecule has 5 bridgehead atoms. The van der Waals surface area contributed by atoms with Crippen molar-refractivity contribution in [1.82, 2.24) is 0 Å². The average molecular weight is 656 g/mol. The SMILES string of the molecule is COC1/C=C/OC2(C)Oc3c(C)c(O)c4c(O)c(cc(O)c4c3C2=O)NC(=O)/C(C)=C\C=C\C(C)C(O)C(C)C(O)C(C)C(O)C1C. The summed E-state index contributed by atoms with van der Waals surface area (Å²) < 4.78 is 17.3. The van der Waals surface area contributed by atoms with Crippen LogP contribution >= 0.6 is 0 Å². The van der Waals surface area contributed by atoms with E-state index in [2.05, 4.69) is 5.32 Å². The van der Waals surface area contributed by atoms with Gasteiger partial charge in [-0.15, -0.1) is 0 Å². The van der Waals surface area contributed by atoms with Gasteiger partial charge in [0.1, 0.15) is 17.2 Å². The van der Waals surface area contributed by atoms with Gasteiger partial charge in [0.05, 0.1) is 47.3 Å². The van der Waals surface area contributed by atoms with Gasteiger partial charge < -0.3 is 50.2 Å². The van der Waals surface area contributed by atoms with E-state index >= 15 is 0 Å². The summed E-state index contributed by atoms with van der Waals surface area (Å²) in [5.41, 5.74) is -0.0434. The van der Waals surface area contributed by atoms with E-state index in [-0.39, 0.29) is 38.9 Å². The van der Waals surface area contributed by atoms with Crippen molar-refractivity contribution in [2.45, 2.75) is 78.7 Å². The van der Waals surface area contributed by atoms with E-state index in [0.717, 1.165) is 6.07 Å². The zero-order valence-electron chi connectivity index (χ0n) is 27.8. The molecule has 3 aliphatic rings. The third-order valence-electron chi connectivity index (χ3n) is 9.58. The lowest BCUT2D eigenvalue weighted by atomic mass is 9.78. The molecule has 5 rings (SSSR count). The van der Waals surface area contributed by atoms with E-state index in [4.69, 9.17) is 14.2 Å². The number of hydrogen-bond donors (Lipinski definition) is 7. The smallest absolute Gasteiger partial charge is 0.312 e. The van der Waals surface area contributed by atoms with Crippen molar-refractivity contribution in [2.24, 2.45) is 23.7 Å². The molecule has 3 aliphatic heterocycles. The van der Waals surface area contributed by atoms with Gasteiger partial charge in [-0.05, 0) is 19.9 Å². The molecule has 12 nitrogen and oxygen atoms in total. The number of anilines is 1. The second-order valence-corrected chi connectivity index (χ2v) is 12.8. The molecule has 0 fully saturated rings. The Kier molecular flexibility index (Phi) is 10.3. The maximum atomic E-state index is 13.8. The van der Waals surface area contributed by atoms with Crippen LogP contribution in [0.3, 0.4) is 0 Å². The first-order chi connectivity index (χ1) is 22.0. The number of methoxy groups -OCH3 is 1. The van der Waals surface area contributed by atoms with Crippen LogP contribution in [0.25, 0.3) is 10.8 Å². The molecule has 9 atom stereocenters. The number of aromatic hydroxyl groups is 3. The summed E-state index contributed by atoms with van der Waals surface area (Å²) in [5.74, 6) is -7.24. The Hall–Kier alpha value is -4.10. The lowest BCUT2D eigenvalue weighted by Gasteiger charge is -2.36. The first-order valence-electron chi connectivity index (χ1n) is 15.5. The van der Waals surface area contributed by atoms with E-state index in [0.29, 0.717) is 0 Å². The molecule has 0 spiro atoms. The van der Waals surface area contributed by atoms with Gasteiger partial charge in [-0.25, -0.2) is 0 Å². The zero-order valence-corrected chi connectivity index (χ0v) is 27.8. The number of Topliss-reactive ketones (excluding diaryl/α,β-unsaturated/α-hetero) is 1. The number of fused-ring (bicyclic) bond motifs is 14. The number of carbonyl (C=O) groups excluding carboxylic acids is 2. The van der Waals surface area contributed by atoms with Gasteiger partial charge in [0.2, 0.25) is 0 Å². The minimum absolute atomic E-state index is 0.0566. The number of benzene rings is 2. The van der Waals surface area contributed by atoms with Crippen molar-refractivity contribution >= 4 is 28.2 Å². The van der Waals surface area contributed by atoms with Crippen LogP contribution in [0.5, 0.6) is 23.0 Å². The quantitative estimate of drug-likeness (QED) is 0.172. The third kappa shape index (κ3) is 6.42. The molecule has 12 heteroatoms. The highest BCUT2D eigenvalue weighted by Crippen LogP contribution is 2.53. The standard InChI is InChI=1S/C35H45NO11/c1-15-10-9-11-16(2)34(44)36-21-14-22(37)24-25(31(21)42)30(41)20(6)32-26(24)33(43)35(7,47-32)46-13-12-23(45-8)17(3)28(39)19(5)29(40)18(4)27(15)38/h9-15,17-19,23,27-29,37-42H,1-8H3,(H,36,44)/b10-9+,13-12+,16-11-. The lowest BCUT2D eigenvalue weighted by Crippen LogP contribution is -2.44. The van der Waals surface area contributed by atoms with Gasteiger partial charge >= 0.3 is 5.79 Å². The predicted octanol–water partition coefficient (Wildman–Crippen LogP) is 4.18. The van der Waals surface area contributed by atoms with Crippen LogP contribution in [0, 0.1) is 30.6 Å². The van der Waals surface area contributed by atoms with Crippen molar-refractivity contribution in [2.75, 3.05) is 12.4 Å². The number of aliphatic hydroxyl groups excluding tert-OH is 3. The number of nitrogens with one attached hydrogen (secondary N) is 1. The molecule has 2 aromatic carbocycles. The fraction of sp³-hybridized carbons (Fsp3) is 0.486. The van der Waals surface area contributed by atoms with Crippen molar-refractivity contribution in [3.05, 3.63) is 53.3 Å². The Labute approximate surface area is 273 Å². The summed E-state index contributed by atoms with van der Waals surface area (Å²) in [6.07, 6.45) is 3.55. The molecule has 0 saturated carbocycles. The van der Waals surface area contributed by atoms with E-state index in [1.165, 1.54) is 46.3 Å². The Morgan fingerprint density at radius 2 is 1.49 bits per heavy atom. The number of ketones is 1. The molecule has 0 aromatic heterocycles. The van der Waals surface area contributed by atoms with Gasteiger partial charge in [0, 0.05) is 60.3 Å². The number of amides is 1. The number of aliphatic hydroxyl groups is 3. The topological polar surface area (TPSA) is 195 Å². The third-order valence-corrected chi connectivity index (χ3v) is 9.58. The number of hydrogen-bond acceptors (Lipinski definition) is 11. The monoisotopic (exact) mass is 655 g/mol. The highest BCUT2D eigenvalue weighted by atomic mass is 16.7. The molecule has 7 N–H and O–H groups in total. The second kappa shape index (κ2) is 13.6. The molecule has 0 saturated heterocycles.